The second-order valence-corrected chi connectivity index (χ2v) is 5.24. The minimum absolute atomic E-state index is 0.225. The van der Waals surface area contributed by atoms with Crippen molar-refractivity contribution in [3.05, 3.63) is 47.5 Å². The molecule has 5 nitrogen and oxygen atoms in total. The maximum absolute atomic E-state index is 12.2. The van der Waals surface area contributed by atoms with Gasteiger partial charge in [0.15, 0.2) is 0 Å². The molecule has 3 rings (SSSR count). The van der Waals surface area contributed by atoms with E-state index < -0.39 is 0 Å². The quantitative estimate of drug-likeness (QED) is 0.867. The molecule has 0 amide bonds. The van der Waals surface area contributed by atoms with Gasteiger partial charge in [-0.25, -0.2) is 4.79 Å². The lowest BCUT2D eigenvalue weighted by molar-refractivity contribution is 0.0459. The lowest BCUT2D eigenvalue weighted by Crippen LogP contribution is -2.11. The number of nitrogens with zero attached hydrogens (tertiary/aromatic N) is 2. The van der Waals surface area contributed by atoms with Gasteiger partial charge in [-0.05, 0) is 37.5 Å². The maximum atomic E-state index is 12.2. The number of aromatic nitrogens is 2. The molecule has 0 atom stereocenters. The van der Waals surface area contributed by atoms with Crippen molar-refractivity contribution >= 4 is 11.7 Å². The molecule has 5 heteroatoms. The lowest BCUT2D eigenvalue weighted by Gasteiger charge is -2.08. The summed E-state index contributed by atoms with van der Waals surface area (Å²) >= 11 is 0. The number of carbonyl (C=O) groups excluding carboxylic acids is 1. The molecule has 104 valence electrons. The molecule has 1 saturated carbocycles. The van der Waals surface area contributed by atoms with Gasteiger partial charge in [0.2, 0.25) is 0 Å². The molecule has 20 heavy (non-hydrogen) atoms. The molecule has 1 fully saturated rings. The summed E-state index contributed by atoms with van der Waals surface area (Å²) < 4.78 is 7.27. The normalized spacial score (nSPS) is 14.2. The van der Waals surface area contributed by atoms with Crippen molar-refractivity contribution in [3.63, 3.8) is 0 Å². The highest BCUT2D eigenvalue weighted by Crippen LogP contribution is 2.37. The minimum atomic E-state index is -0.338. The summed E-state index contributed by atoms with van der Waals surface area (Å²) in [5.74, 6) is -0.338. The fraction of sp³-hybridized carbons (Fsp3) is 0.333. The number of aryl methyl sites for hydroxylation is 1. The molecule has 0 saturated heterocycles. The number of ether oxygens (including phenoxy) is 1. The van der Waals surface area contributed by atoms with Crippen molar-refractivity contribution in [1.29, 1.82) is 0 Å². The standard InChI is InChI=1S/C15H17N3O2/c1-10-4-11(7-17-6-10)9-20-15(19)14-5-12(16)8-18(14)13-2-3-13/h4-8,13H,2-3,9,16H2,1H3. The second-order valence-electron chi connectivity index (χ2n) is 5.24. The summed E-state index contributed by atoms with van der Waals surface area (Å²) in [7, 11) is 0. The zero-order valence-electron chi connectivity index (χ0n) is 11.4. The highest BCUT2D eigenvalue weighted by molar-refractivity contribution is 5.89. The van der Waals surface area contributed by atoms with Gasteiger partial charge in [0.1, 0.15) is 12.3 Å². The Balaban J connectivity index is 1.70. The first-order chi connectivity index (χ1) is 9.63. The SMILES string of the molecule is Cc1cncc(COC(=O)c2cc(N)cn2C2CC2)c1. The van der Waals surface area contributed by atoms with Gasteiger partial charge in [0.05, 0.1) is 5.69 Å². The van der Waals surface area contributed by atoms with Crippen LogP contribution in [0.4, 0.5) is 5.69 Å². The molecule has 2 aromatic heterocycles. The van der Waals surface area contributed by atoms with E-state index in [0.717, 1.165) is 24.0 Å². The number of carbonyl (C=O) groups is 1. The summed E-state index contributed by atoms with van der Waals surface area (Å²) in [6, 6.07) is 4.03. The minimum Gasteiger partial charge on any atom is -0.456 e. The lowest BCUT2D eigenvalue weighted by atomic mass is 10.2. The Morgan fingerprint density at radius 3 is 2.95 bits per heavy atom. The zero-order chi connectivity index (χ0) is 14.1. The maximum Gasteiger partial charge on any atom is 0.355 e. The number of nitrogen functional groups attached to an aromatic ring is 1. The van der Waals surface area contributed by atoms with E-state index in [1.54, 1.807) is 18.5 Å². The van der Waals surface area contributed by atoms with Crippen LogP contribution >= 0.6 is 0 Å². The molecule has 0 aromatic carbocycles. The molecule has 0 spiro atoms. The third kappa shape index (κ3) is 2.66. The Labute approximate surface area is 117 Å². The van der Waals surface area contributed by atoms with Crippen molar-refractivity contribution in [3.8, 4) is 0 Å². The second kappa shape index (κ2) is 5.00. The van der Waals surface area contributed by atoms with Crippen LogP contribution in [0.2, 0.25) is 0 Å². The first kappa shape index (κ1) is 12.7. The van der Waals surface area contributed by atoms with Crippen LogP contribution in [-0.2, 0) is 11.3 Å². The van der Waals surface area contributed by atoms with E-state index in [9.17, 15) is 4.79 Å². The van der Waals surface area contributed by atoms with Gasteiger partial charge in [-0.1, -0.05) is 0 Å². The Morgan fingerprint density at radius 2 is 2.25 bits per heavy atom. The number of hydrogen-bond acceptors (Lipinski definition) is 4. The van der Waals surface area contributed by atoms with Gasteiger partial charge >= 0.3 is 5.97 Å². The highest BCUT2D eigenvalue weighted by Gasteiger charge is 2.28. The summed E-state index contributed by atoms with van der Waals surface area (Å²) in [6.45, 7) is 2.18. The topological polar surface area (TPSA) is 70.1 Å². The van der Waals surface area contributed by atoms with Crippen LogP contribution in [0, 0.1) is 6.92 Å². The van der Waals surface area contributed by atoms with E-state index >= 15 is 0 Å². The Hall–Kier alpha value is -2.30. The van der Waals surface area contributed by atoms with Crippen molar-refractivity contribution in [2.45, 2.75) is 32.4 Å². The summed E-state index contributed by atoms with van der Waals surface area (Å²) in [4.78, 5) is 16.2. The van der Waals surface area contributed by atoms with Crippen molar-refractivity contribution < 1.29 is 9.53 Å². The monoisotopic (exact) mass is 271 g/mol. The smallest absolute Gasteiger partial charge is 0.355 e. The Kier molecular flexibility index (Phi) is 3.18. The number of rotatable bonds is 4. The molecule has 1 aliphatic rings. The van der Waals surface area contributed by atoms with E-state index in [4.69, 9.17) is 10.5 Å². The van der Waals surface area contributed by atoms with Crippen LogP contribution in [0.5, 0.6) is 0 Å². The van der Waals surface area contributed by atoms with Gasteiger partial charge in [-0.15, -0.1) is 0 Å². The number of hydrogen-bond donors (Lipinski definition) is 1. The van der Waals surface area contributed by atoms with Crippen LogP contribution in [0.15, 0.2) is 30.7 Å². The van der Waals surface area contributed by atoms with Crippen LogP contribution in [-0.4, -0.2) is 15.5 Å². The Bertz CT molecular complexity index is 644. The predicted octanol–water partition coefficient (Wildman–Crippen LogP) is 2.47. The highest BCUT2D eigenvalue weighted by atomic mass is 16.5. The Morgan fingerprint density at radius 1 is 1.45 bits per heavy atom. The van der Waals surface area contributed by atoms with E-state index in [1.807, 2.05) is 23.8 Å². The van der Waals surface area contributed by atoms with Crippen molar-refractivity contribution in [2.24, 2.45) is 0 Å². The van der Waals surface area contributed by atoms with Gasteiger partial charge in [0, 0.05) is 30.2 Å². The fourth-order valence-electron chi connectivity index (χ4n) is 2.24. The largest absolute Gasteiger partial charge is 0.456 e. The molecule has 1 aliphatic carbocycles. The number of anilines is 1. The van der Waals surface area contributed by atoms with E-state index in [0.29, 0.717) is 17.4 Å². The molecule has 2 aromatic rings. The van der Waals surface area contributed by atoms with Gasteiger partial charge in [-0.2, -0.15) is 0 Å². The van der Waals surface area contributed by atoms with Gasteiger partial charge < -0.3 is 15.0 Å². The third-order valence-corrected chi connectivity index (χ3v) is 3.32. The summed E-state index contributed by atoms with van der Waals surface area (Å²) in [5.41, 5.74) is 8.83. The molecule has 0 bridgehead atoms. The van der Waals surface area contributed by atoms with E-state index in [2.05, 4.69) is 4.98 Å². The van der Waals surface area contributed by atoms with Crippen molar-refractivity contribution in [1.82, 2.24) is 9.55 Å². The van der Waals surface area contributed by atoms with Crippen LogP contribution < -0.4 is 5.73 Å². The van der Waals surface area contributed by atoms with Gasteiger partial charge in [-0.3, -0.25) is 4.98 Å². The molecular weight excluding hydrogens is 254 g/mol. The van der Waals surface area contributed by atoms with Gasteiger partial charge in [0.25, 0.3) is 0 Å². The molecule has 2 N–H and O–H groups in total. The molecule has 0 aliphatic heterocycles. The molecule has 2 heterocycles. The first-order valence-electron chi connectivity index (χ1n) is 6.68. The fourth-order valence-corrected chi connectivity index (χ4v) is 2.24. The van der Waals surface area contributed by atoms with Crippen LogP contribution in [0.25, 0.3) is 0 Å². The van der Waals surface area contributed by atoms with Crippen molar-refractivity contribution in [2.75, 3.05) is 5.73 Å². The number of pyridine rings is 1. The summed E-state index contributed by atoms with van der Waals surface area (Å²) in [6.07, 6.45) is 7.47. The number of esters is 1. The third-order valence-electron chi connectivity index (χ3n) is 3.32. The first-order valence-corrected chi connectivity index (χ1v) is 6.68. The average molecular weight is 271 g/mol. The number of nitrogens with two attached hydrogens (primary N) is 1. The summed E-state index contributed by atoms with van der Waals surface area (Å²) in [5, 5.41) is 0. The molecule has 0 radical (unpaired) electrons. The molecule has 0 unspecified atom stereocenters. The van der Waals surface area contributed by atoms with Crippen LogP contribution in [0.3, 0.4) is 0 Å². The predicted molar refractivity (Wildman–Crippen MR) is 75.2 cm³/mol. The average Bonchev–Trinajstić information content (AvgIpc) is 3.19. The van der Waals surface area contributed by atoms with Crippen LogP contribution in [0.1, 0.15) is 40.5 Å². The van der Waals surface area contributed by atoms with E-state index in [1.165, 1.54) is 0 Å². The zero-order valence-corrected chi connectivity index (χ0v) is 11.4. The molecular formula is C15H17N3O2. The van der Waals surface area contributed by atoms with E-state index in [-0.39, 0.29) is 12.6 Å².